The molecule has 0 spiro atoms. The van der Waals surface area contributed by atoms with E-state index < -0.39 is 8.07 Å². The second-order valence-corrected chi connectivity index (χ2v) is 25.2. The summed E-state index contributed by atoms with van der Waals surface area (Å²) in [4.78, 5) is 16.9. The quantitative estimate of drug-likeness (QED) is 0.107. The van der Waals surface area contributed by atoms with Crippen LogP contribution in [-0.2, 0) is 0 Å². The molecule has 0 saturated heterocycles. The zero-order chi connectivity index (χ0) is 54.6. The van der Waals surface area contributed by atoms with Crippen LogP contribution in [0.2, 0.25) is 0 Å². The number of fused-ring (bicyclic) bond motifs is 12. The van der Waals surface area contributed by atoms with Crippen LogP contribution >= 0.6 is 0 Å². The standard InChI is InChI=1S/C75H48N6OSi/c1-4-25-50(26-5-1)83(51-27-6-2-7-28-51,52-29-8-3-9-30-52)53-31-20-24-49(48-53)73-76-74(80-63-41-16-10-32-54(63)55-33-11-17-42-64(55)80)78-75(77-73)81-65-43-18-13-35-60(65)71-66(44-23-45-67(71)81)79-62-40-15-12-34-56(62)58-38-21-39-59(72(58)79)57-37-22-47-69-70(57)61-36-14-19-46-68(61)82-69/h1-48H. The smallest absolute Gasteiger partial charge is 0.240 e. The summed E-state index contributed by atoms with van der Waals surface area (Å²) in [6.07, 6.45) is 0. The van der Waals surface area contributed by atoms with Gasteiger partial charge in [-0.15, -0.1) is 0 Å². The second kappa shape index (κ2) is 18.6. The SMILES string of the molecule is c1ccc([Si](c2ccccc2)(c2ccccc2)c2cccc(-c3nc(-n4c5ccccc5c5ccccc54)nc(-n4c5ccccc5c5c(-n6c7ccccc7c7cccc(-c8cccc9oc%10ccccc%10c89)c76)cccc54)n3)c2)cc1. The van der Waals surface area contributed by atoms with Gasteiger partial charge in [0.2, 0.25) is 11.9 Å². The number of nitrogens with zero attached hydrogens (tertiary/aromatic N) is 6. The Morgan fingerprint density at radius 1 is 0.289 bits per heavy atom. The molecule has 0 aliphatic carbocycles. The van der Waals surface area contributed by atoms with E-state index in [1.165, 1.54) is 31.5 Å². The maximum atomic E-state index is 6.51. The minimum Gasteiger partial charge on any atom is -0.456 e. The van der Waals surface area contributed by atoms with Crippen LogP contribution in [0.1, 0.15) is 0 Å². The van der Waals surface area contributed by atoms with Crippen molar-refractivity contribution in [2.24, 2.45) is 0 Å². The van der Waals surface area contributed by atoms with Gasteiger partial charge in [0.1, 0.15) is 11.2 Å². The molecule has 0 fully saturated rings. The van der Waals surface area contributed by atoms with E-state index in [9.17, 15) is 0 Å². The molecule has 17 rings (SSSR count). The Hall–Kier alpha value is -10.9. The van der Waals surface area contributed by atoms with Crippen molar-refractivity contribution in [2.75, 3.05) is 0 Å². The van der Waals surface area contributed by atoms with Gasteiger partial charge >= 0.3 is 0 Å². The molecule has 7 nitrogen and oxygen atoms in total. The van der Waals surface area contributed by atoms with Crippen molar-refractivity contribution in [2.45, 2.75) is 0 Å². The molecule has 0 saturated carbocycles. The van der Waals surface area contributed by atoms with Gasteiger partial charge in [-0.05, 0) is 74.8 Å². The highest BCUT2D eigenvalue weighted by atomic mass is 28.3. The predicted octanol–water partition coefficient (Wildman–Crippen LogP) is 15.8. The van der Waals surface area contributed by atoms with Crippen molar-refractivity contribution >= 4 is 116 Å². The van der Waals surface area contributed by atoms with Gasteiger partial charge in [0.15, 0.2) is 13.9 Å². The molecule has 12 aromatic carbocycles. The Kier molecular flexibility index (Phi) is 10.5. The van der Waals surface area contributed by atoms with E-state index in [1.54, 1.807) is 0 Å². The Labute approximate surface area is 477 Å². The zero-order valence-electron chi connectivity index (χ0n) is 44.8. The fourth-order valence-corrected chi connectivity index (χ4v) is 18.5. The van der Waals surface area contributed by atoms with E-state index in [4.69, 9.17) is 19.4 Å². The summed E-state index contributed by atoms with van der Waals surface area (Å²) in [7, 11) is -2.95. The number of benzene rings is 12. The molecule has 0 amide bonds. The van der Waals surface area contributed by atoms with Crippen LogP contribution in [0.25, 0.3) is 127 Å². The van der Waals surface area contributed by atoms with Crippen LogP contribution in [0.5, 0.6) is 0 Å². The number of hydrogen-bond acceptors (Lipinski definition) is 4. The summed E-state index contributed by atoms with van der Waals surface area (Å²) in [5.41, 5.74) is 12.1. The molecular formula is C75H48N6OSi. The average molecular weight is 1080 g/mol. The molecule has 5 heterocycles. The molecule has 0 aliphatic rings. The maximum absolute atomic E-state index is 6.51. The van der Waals surface area contributed by atoms with Gasteiger partial charge in [-0.1, -0.05) is 243 Å². The molecule has 388 valence electrons. The number of hydrogen-bond donors (Lipinski definition) is 0. The summed E-state index contributed by atoms with van der Waals surface area (Å²) in [6.45, 7) is 0. The molecule has 8 heteroatoms. The third-order valence-corrected chi connectivity index (χ3v) is 21.8. The lowest BCUT2D eigenvalue weighted by molar-refractivity contribution is 0.669. The van der Waals surface area contributed by atoms with E-state index in [0.717, 1.165) is 99.0 Å². The second-order valence-electron chi connectivity index (χ2n) is 21.4. The summed E-state index contributed by atoms with van der Waals surface area (Å²) >= 11 is 0. The minimum absolute atomic E-state index is 0.514. The van der Waals surface area contributed by atoms with Crippen LogP contribution in [0, 0.1) is 0 Å². The van der Waals surface area contributed by atoms with Crippen molar-refractivity contribution in [3.8, 4) is 40.1 Å². The summed E-state index contributed by atoms with van der Waals surface area (Å²) in [5, 5.41) is 14.1. The van der Waals surface area contributed by atoms with Crippen molar-refractivity contribution < 1.29 is 4.42 Å². The number of furan rings is 1. The molecule has 17 aromatic rings. The van der Waals surface area contributed by atoms with Crippen LogP contribution in [-0.4, -0.2) is 36.7 Å². The molecule has 0 atom stereocenters. The van der Waals surface area contributed by atoms with Gasteiger partial charge in [0.25, 0.3) is 0 Å². The third-order valence-electron chi connectivity index (χ3n) is 17.1. The molecule has 0 aliphatic heterocycles. The van der Waals surface area contributed by atoms with E-state index in [1.807, 2.05) is 6.07 Å². The highest BCUT2D eigenvalue weighted by Gasteiger charge is 2.41. The lowest BCUT2D eigenvalue weighted by atomic mass is 9.97. The van der Waals surface area contributed by atoms with Gasteiger partial charge in [0, 0.05) is 54.2 Å². The lowest BCUT2D eigenvalue weighted by Gasteiger charge is -2.34. The van der Waals surface area contributed by atoms with Crippen LogP contribution in [0.3, 0.4) is 0 Å². The van der Waals surface area contributed by atoms with Crippen LogP contribution < -0.4 is 20.7 Å². The molecule has 0 bridgehead atoms. The highest BCUT2D eigenvalue weighted by molar-refractivity contribution is 7.19. The molecular weight excluding hydrogens is 1030 g/mol. The summed E-state index contributed by atoms with van der Waals surface area (Å²) in [5.74, 6) is 1.61. The Morgan fingerprint density at radius 3 is 1.36 bits per heavy atom. The van der Waals surface area contributed by atoms with Crippen LogP contribution in [0.15, 0.2) is 296 Å². The maximum Gasteiger partial charge on any atom is 0.240 e. The topological polar surface area (TPSA) is 66.6 Å². The lowest BCUT2D eigenvalue weighted by Crippen LogP contribution is -2.74. The van der Waals surface area contributed by atoms with Crippen molar-refractivity contribution in [1.82, 2.24) is 28.7 Å². The first kappa shape index (κ1) is 46.9. The van der Waals surface area contributed by atoms with E-state index in [0.29, 0.717) is 17.7 Å². The molecule has 0 unspecified atom stereocenters. The van der Waals surface area contributed by atoms with E-state index in [2.05, 4.69) is 299 Å². The molecule has 0 radical (unpaired) electrons. The monoisotopic (exact) mass is 1080 g/mol. The van der Waals surface area contributed by atoms with E-state index in [-0.39, 0.29) is 0 Å². The van der Waals surface area contributed by atoms with Crippen LogP contribution in [0.4, 0.5) is 0 Å². The van der Waals surface area contributed by atoms with Crippen molar-refractivity contribution in [3.05, 3.63) is 291 Å². The molecule has 0 N–H and O–H groups in total. The first-order valence-electron chi connectivity index (χ1n) is 28.2. The molecule has 5 aromatic heterocycles. The number of rotatable bonds is 9. The Bertz CT molecular complexity index is 5260. The Balaban J connectivity index is 0.950. The average Bonchev–Trinajstić information content (AvgIpc) is 3.10. The summed E-state index contributed by atoms with van der Waals surface area (Å²) < 4.78 is 13.5. The van der Waals surface area contributed by atoms with Crippen molar-refractivity contribution in [1.29, 1.82) is 0 Å². The number of para-hydroxylation sites is 6. The van der Waals surface area contributed by atoms with Gasteiger partial charge < -0.3 is 8.98 Å². The fraction of sp³-hybridized carbons (Fsp3) is 0. The minimum atomic E-state index is -2.95. The van der Waals surface area contributed by atoms with Gasteiger partial charge in [-0.3, -0.25) is 9.13 Å². The predicted molar refractivity (Wildman–Crippen MR) is 345 cm³/mol. The third kappa shape index (κ3) is 7.00. The Morgan fingerprint density at radius 2 is 0.723 bits per heavy atom. The molecule has 83 heavy (non-hydrogen) atoms. The van der Waals surface area contributed by atoms with E-state index >= 15 is 0 Å². The first-order chi connectivity index (χ1) is 41.2. The summed E-state index contributed by atoms with van der Waals surface area (Å²) in [6, 6.07) is 105. The van der Waals surface area contributed by atoms with Crippen molar-refractivity contribution in [3.63, 3.8) is 0 Å². The largest absolute Gasteiger partial charge is 0.456 e. The zero-order valence-corrected chi connectivity index (χ0v) is 45.8. The van der Waals surface area contributed by atoms with Gasteiger partial charge in [-0.2, -0.15) is 15.0 Å². The van der Waals surface area contributed by atoms with Gasteiger partial charge in [-0.25, -0.2) is 0 Å². The number of aromatic nitrogens is 6. The normalized spacial score (nSPS) is 12.1. The highest BCUT2D eigenvalue weighted by Crippen LogP contribution is 2.45. The first-order valence-corrected chi connectivity index (χ1v) is 30.2. The van der Waals surface area contributed by atoms with Gasteiger partial charge in [0.05, 0.1) is 38.8 Å². The fourth-order valence-electron chi connectivity index (χ4n) is 13.7.